The van der Waals surface area contributed by atoms with Crippen LogP contribution in [-0.4, -0.2) is 52.9 Å². The van der Waals surface area contributed by atoms with Crippen LogP contribution in [0.3, 0.4) is 0 Å². The van der Waals surface area contributed by atoms with Gasteiger partial charge in [-0.2, -0.15) is 0 Å². The molecule has 3 aromatic rings. The number of H-pyrrole nitrogens is 1. The summed E-state index contributed by atoms with van der Waals surface area (Å²) < 4.78 is 5.07. The Kier molecular flexibility index (Phi) is 6.79. The second kappa shape index (κ2) is 9.77. The minimum absolute atomic E-state index is 0.0332. The van der Waals surface area contributed by atoms with Crippen LogP contribution in [0.15, 0.2) is 48.5 Å². The molecule has 0 radical (unpaired) electrons. The number of hydrogen-bond acceptors (Lipinski definition) is 5. The molecule has 1 fully saturated rings. The minimum Gasteiger partial charge on any atom is -0.385 e. The van der Waals surface area contributed by atoms with Crippen LogP contribution in [0.25, 0.3) is 11.0 Å². The van der Waals surface area contributed by atoms with Crippen LogP contribution in [0.5, 0.6) is 0 Å². The van der Waals surface area contributed by atoms with E-state index in [2.05, 4.69) is 15.3 Å². The van der Waals surface area contributed by atoms with E-state index in [1.54, 1.807) is 7.11 Å². The summed E-state index contributed by atoms with van der Waals surface area (Å²) in [6.45, 7) is 4.57. The van der Waals surface area contributed by atoms with Crippen molar-refractivity contribution in [2.45, 2.75) is 44.6 Å². The van der Waals surface area contributed by atoms with E-state index in [0.717, 1.165) is 16.6 Å². The van der Waals surface area contributed by atoms with Crippen molar-refractivity contribution >= 4 is 28.8 Å². The van der Waals surface area contributed by atoms with Crippen LogP contribution in [0.2, 0.25) is 0 Å². The van der Waals surface area contributed by atoms with Crippen molar-refractivity contribution in [1.29, 1.82) is 0 Å². The third kappa shape index (κ3) is 4.59. The topological polar surface area (TPSA) is 104 Å². The highest BCUT2D eigenvalue weighted by molar-refractivity contribution is 6.10. The summed E-state index contributed by atoms with van der Waals surface area (Å²) in [5, 5.41) is 2.96. The molecule has 2 atom stereocenters. The van der Waals surface area contributed by atoms with Gasteiger partial charge in [-0.05, 0) is 43.5 Å². The van der Waals surface area contributed by atoms with Crippen molar-refractivity contribution in [3.05, 3.63) is 65.5 Å². The van der Waals surface area contributed by atoms with Gasteiger partial charge in [-0.25, -0.2) is 4.98 Å². The van der Waals surface area contributed by atoms with Crippen molar-refractivity contribution in [3.8, 4) is 0 Å². The normalized spacial score (nSPS) is 19.1. The number of hydrogen-bond donors (Lipinski definition) is 2. The number of amides is 3. The number of likely N-dealkylation sites (tertiary alicyclic amines) is 1. The average molecular weight is 463 g/mol. The molecule has 1 aromatic heterocycles. The maximum atomic E-state index is 13.5. The standard InChI is InChI=1S/C26H30N4O4/c1-17-10-11-20-21(14-17)29-24(28-20)18(2)27-22(31)15-26(19-8-5-4-6-9-19)16-23(32)30(25(26)33)12-7-13-34-3/h4-6,8-11,14,18H,7,12-13,15-16H2,1-3H3,(H,27,31)(H,28,29). The molecular formula is C26H30N4O4. The molecule has 1 saturated heterocycles. The number of carbonyl (C=O) groups excluding carboxylic acids is 3. The molecule has 2 unspecified atom stereocenters. The number of imide groups is 1. The van der Waals surface area contributed by atoms with E-state index in [1.165, 1.54) is 4.90 Å². The fourth-order valence-electron chi connectivity index (χ4n) is 4.60. The van der Waals surface area contributed by atoms with Gasteiger partial charge in [0.15, 0.2) is 0 Å². The van der Waals surface area contributed by atoms with Crippen molar-refractivity contribution in [1.82, 2.24) is 20.2 Å². The first-order valence-electron chi connectivity index (χ1n) is 11.5. The molecule has 0 bridgehead atoms. The molecule has 0 spiro atoms. The predicted octanol–water partition coefficient (Wildman–Crippen LogP) is 3.17. The van der Waals surface area contributed by atoms with E-state index in [1.807, 2.05) is 62.4 Å². The fourth-order valence-corrected chi connectivity index (χ4v) is 4.60. The van der Waals surface area contributed by atoms with E-state index < -0.39 is 11.5 Å². The SMILES string of the molecule is COCCCN1C(=O)CC(CC(=O)NC(C)c2nc3ccc(C)cc3[nH]2)(c2ccccc2)C1=O. The Bertz CT molecular complexity index is 1210. The summed E-state index contributed by atoms with van der Waals surface area (Å²) in [6, 6.07) is 14.6. The van der Waals surface area contributed by atoms with E-state index in [-0.39, 0.29) is 37.1 Å². The highest BCUT2D eigenvalue weighted by Gasteiger charge is 2.53. The summed E-state index contributed by atoms with van der Waals surface area (Å²) in [5.41, 5.74) is 2.29. The van der Waals surface area contributed by atoms with Crippen LogP contribution in [-0.2, 0) is 24.5 Å². The molecule has 1 aliphatic heterocycles. The first-order chi connectivity index (χ1) is 16.3. The maximum Gasteiger partial charge on any atom is 0.240 e. The number of imidazole rings is 1. The van der Waals surface area contributed by atoms with Crippen LogP contribution in [0.4, 0.5) is 0 Å². The first-order valence-corrected chi connectivity index (χ1v) is 11.5. The Morgan fingerprint density at radius 3 is 2.74 bits per heavy atom. The summed E-state index contributed by atoms with van der Waals surface area (Å²) in [7, 11) is 1.58. The molecule has 4 rings (SSSR count). The molecule has 2 heterocycles. The predicted molar refractivity (Wildman–Crippen MR) is 128 cm³/mol. The van der Waals surface area contributed by atoms with Gasteiger partial charge in [0, 0.05) is 33.1 Å². The van der Waals surface area contributed by atoms with Crippen molar-refractivity contribution < 1.29 is 19.1 Å². The number of methoxy groups -OCH3 is 1. The number of carbonyl (C=O) groups is 3. The highest BCUT2D eigenvalue weighted by Crippen LogP contribution is 2.40. The lowest BCUT2D eigenvalue weighted by molar-refractivity contribution is -0.141. The number of benzene rings is 2. The molecular weight excluding hydrogens is 432 g/mol. The van der Waals surface area contributed by atoms with Gasteiger partial charge in [0.2, 0.25) is 17.7 Å². The van der Waals surface area contributed by atoms with Crippen molar-refractivity contribution in [2.24, 2.45) is 0 Å². The van der Waals surface area contributed by atoms with E-state index in [4.69, 9.17) is 4.74 Å². The summed E-state index contributed by atoms with van der Waals surface area (Å²) >= 11 is 0. The number of fused-ring (bicyclic) bond motifs is 1. The zero-order chi connectivity index (χ0) is 24.3. The Labute approximate surface area is 198 Å². The number of rotatable bonds is 9. The Hall–Kier alpha value is -3.52. The molecule has 1 aliphatic rings. The number of ether oxygens (including phenoxy) is 1. The summed E-state index contributed by atoms with van der Waals surface area (Å²) in [4.78, 5) is 48.7. The lowest BCUT2D eigenvalue weighted by atomic mass is 9.75. The summed E-state index contributed by atoms with van der Waals surface area (Å²) in [5.74, 6) is -0.272. The zero-order valence-corrected chi connectivity index (χ0v) is 19.8. The fraction of sp³-hybridized carbons (Fsp3) is 0.385. The van der Waals surface area contributed by atoms with Crippen LogP contribution in [0.1, 0.15) is 49.2 Å². The van der Waals surface area contributed by atoms with Crippen molar-refractivity contribution in [3.63, 3.8) is 0 Å². The monoisotopic (exact) mass is 462 g/mol. The van der Waals surface area contributed by atoms with Gasteiger partial charge in [-0.1, -0.05) is 36.4 Å². The third-order valence-corrected chi connectivity index (χ3v) is 6.37. The molecule has 8 heteroatoms. The molecule has 178 valence electrons. The molecule has 2 aromatic carbocycles. The van der Waals surface area contributed by atoms with Crippen LogP contribution >= 0.6 is 0 Å². The minimum atomic E-state index is -1.22. The summed E-state index contributed by atoms with van der Waals surface area (Å²) in [6.07, 6.45) is 0.397. The quantitative estimate of drug-likeness (QED) is 0.375. The lowest BCUT2D eigenvalue weighted by Crippen LogP contribution is -2.43. The largest absolute Gasteiger partial charge is 0.385 e. The number of nitrogens with zero attached hydrogens (tertiary/aromatic N) is 2. The number of nitrogens with one attached hydrogen (secondary N) is 2. The van der Waals surface area contributed by atoms with Gasteiger partial charge < -0.3 is 15.0 Å². The molecule has 34 heavy (non-hydrogen) atoms. The average Bonchev–Trinajstić information content (AvgIpc) is 3.34. The molecule has 0 aliphatic carbocycles. The number of aromatic amines is 1. The second-order valence-electron chi connectivity index (χ2n) is 8.93. The second-order valence-corrected chi connectivity index (χ2v) is 8.93. The van der Waals surface area contributed by atoms with Gasteiger partial charge in [0.05, 0.1) is 22.5 Å². The van der Waals surface area contributed by atoms with Gasteiger partial charge in [-0.3, -0.25) is 19.3 Å². The zero-order valence-electron chi connectivity index (χ0n) is 19.8. The number of aryl methyl sites for hydroxylation is 1. The molecule has 2 N–H and O–H groups in total. The molecule has 8 nitrogen and oxygen atoms in total. The van der Waals surface area contributed by atoms with E-state index in [0.29, 0.717) is 24.4 Å². The highest BCUT2D eigenvalue weighted by atomic mass is 16.5. The maximum absolute atomic E-state index is 13.5. The van der Waals surface area contributed by atoms with Crippen LogP contribution in [0, 0.1) is 6.92 Å². The van der Waals surface area contributed by atoms with Gasteiger partial charge in [0.1, 0.15) is 5.82 Å². The lowest BCUT2D eigenvalue weighted by Gasteiger charge is -2.27. The Morgan fingerprint density at radius 1 is 1.24 bits per heavy atom. The Balaban J connectivity index is 1.55. The molecule has 0 saturated carbocycles. The van der Waals surface area contributed by atoms with Gasteiger partial charge in [-0.15, -0.1) is 0 Å². The van der Waals surface area contributed by atoms with Gasteiger partial charge in [0.25, 0.3) is 0 Å². The first kappa shape index (κ1) is 23.6. The van der Waals surface area contributed by atoms with E-state index >= 15 is 0 Å². The van der Waals surface area contributed by atoms with E-state index in [9.17, 15) is 14.4 Å². The van der Waals surface area contributed by atoms with Gasteiger partial charge >= 0.3 is 0 Å². The smallest absolute Gasteiger partial charge is 0.240 e. The number of aromatic nitrogens is 2. The Morgan fingerprint density at radius 2 is 2.00 bits per heavy atom. The van der Waals surface area contributed by atoms with Crippen LogP contribution < -0.4 is 5.32 Å². The van der Waals surface area contributed by atoms with Crippen molar-refractivity contribution in [2.75, 3.05) is 20.3 Å². The molecule has 3 amide bonds. The third-order valence-electron chi connectivity index (χ3n) is 6.37.